The molecule has 1 fully saturated rings. The van der Waals surface area contributed by atoms with Gasteiger partial charge >= 0.3 is 0 Å². The lowest BCUT2D eigenvalue weighted by Gasteiger charge is -2.29. The minimum atomic E-state index is -0.867. The van der Waals surface area contributed by atoms with E-state index in [1.165, 1.54) is 0 Å². The summed E-state index contributed by atoms with van der Waals surface area (Å²) < 4.78 is 5.31. The Kier molecular flexibility index (Phi) is 3.48. The van der Waals surface area contributed by atoms with Gasteiger partial charge in [-0.15, -0.1) is 0 Å². The summed E-state index contributed by atoms with van der Waals surface area (Å²) in [5.41, 5.74) is -0.234. The third-order valence-corrected chi connectivity index (χ3v) is 3.10. The summed E-state index contributed by atoms with van der Waals surface area (Å²) in [6, 6.07) is 2.00. The summed E-state index contributed by atoms with van der Waals surface area (Å²) in [5.74, 6) is 0.701. The van der Waals surface area contributed by atoms with E-state index in [4.69, 9.17) is 4.42 Å². The second kappa shape index (κ2) is 4.76. The molecule has 1 saturated carbocycles. The van der Waals surface area contributed by atoms with E-state index in [-0.39, 0.29) is 11.9 Å². The smallest absolute Gasteiger partial charge is 0.257 e. The molecule has 1 aromatic heterocycles. The Bertz CT molecular complexity index is 426. The average molecular weight is 251 g/mol. The molecule has 1 amide bonds. The summed E-state index contributed by atoms with van der Waals surface area (Å²) in [7, 11) is 0. The van der Waals surface area contributed by atoms with Crippen LogP contribution in [-0.4, -0.2) is 34.1 Å². The average Bonchev–Trinajstić information content (AvgIpc) is 3.01. The first kappa shape index (κ1) is 13.1. The number of nitrogens with zero attached hydrogens (tertiary/aromatic N) is 1. The van der Waals surface area contributed by atoms with Crippen LogP contribution in [0.2, 0.25) is 0 Å². The fourth-order valence-corrected chi connectivity index (χ4v) is 2.13. The molecule has 0 unspecified atom stereocenters. The van der Waals surface area contributed by atoms with Crippen molar-refractivity contribution in [2.24, 2.45) is 0 Å². The molecule has 1 aliphatic rings. The molecule has 4 nitrogen and oxygen atoms in total. The molecule has 18 heavy (non-hydrogen) atoms. The first-order valence-corrected chi connectivity index (χ1v) is 6.52. The maximum absolute atomic E-state index is 12.5. The van der Waals surface area contributed by atoms with Crippen molar-refractivity contribution in [3.63, 3.8) is 0 Å². The zero-order valence-electron chi connectivity index (χ0n) is 11.3. The Morgan fingerprint density at radius 3 is 2.72 bits per heavy atom. The molecule has 0 saturated heterocycles. The van der Waals surface area contributed by atoms with E-state index >= 15 is 0 Å². The molecule has 0 spiro atoms. The largest absolute Gasteiger partial charge is 0.469 e. The lowest BCUT2D eigenvalue weighted by atomic mass is 10.1. The van der Waals surface area contributed by atoms with Crippen LogP contribution in [0.4, 0.5) is 0 Å². The van der Waals surface area contributed by atoms with E-state index < -0.39 is 5.60 Å². The summed E-state index contributed by atoms with van der Waals surface area (Å²) in [5, 5.41) is 9.92. The highest BCUT2D eigenvalue weighted by molar-refractivity contribution is 5.95. The van der Waals surface area contributed by atoms with Crippen LogP contribution >= 0.6 is 0 Å². The highest BCUT2D eigenvalue weighted by Gasteiger charge is 2.36. The Labute approximate surface area is 108 Å². The second-order valence-electron chi connectivity index (χ2n) is 5.59. The van der Waals surface area contributed by atoms with Crippen LogP contribution < -0.4 is 0 Å². The van der Waals surface area contributed by atoms with E-state index in [2.05, 4.69) is 0 Å². The molecule has 100 valence electrons. The van der Waals surface area contributed by atoms with Crippen molar-refractivity contribution in [3.8, 4) is 0 Å². The molecule has 1 N–H and O–H groups in total. The van der Waals surface area contributed by atoms with Gasteiger partial charge in [0.2, 0.25) is 0 Å². The summed E-state index contributed by atoms with van der Waals surface area (Å²) in [6.07, 6.45) is 4.32. The van der Waals surface area contributed by atoms with Crippen molar-refractivity contribution in [1.82, 2.24) is 4.90 Å². The number of amides is 1. The van der Waals surface area contributed by atoms with Gasteiger partial charge in [-0.25, -0.2) is 0 Å². The molecule has 0 atom stereocenters. The van der Waals surface area contributed by atoms with Crippen molar-refractivity contribution < 1.29 is 14.3 Å². The maximum atomic E-state index is 12.5. The molecule has 0 aliphatic heterocycles. The second-order valence-corrected chi connectivity index (χ2v) is 5.59. The zero-order valence-corrected chi connectivity index (χ0v) is 11.3. The molecule has 0 aromatic carbocycles. The van der Waals surface area contributed by atoms with Gasteiger partial charge in [-0.05, 0) is 32.8 Å². The molecule has 1 aromatic rings. The molecular formula is C14H21NO3. The maximum Gasteiger partial charge on any atom is 0.257 e. The number of carbonyl (C=O) groups is 1. The van der Waals surface area contributed by atoms with Gasteiger partial charge in [0.1, 0.15) is 5.76 Å². The van der Waals surface area contributed by atoms with Crippen LogP contribution in [0.15, 0.2) is 16.7 Å². The minimum Gasteiger partial charge on any atom is -0.469 e. The number of aryl methyl sites for hydroxylation is 1. The van der Waals surface area contributed by atoms with Gasteiger partial charge in [-0.2, -0.15) is 0 Å². The number of hydrogen-bond donors (Lipinski definition) is 1. The summed E-state index contributed by atoms with van der Waals surface area (Å²) >= 11 is 0. The molecule has 1 aliphatic carbocycles. The van der Waals surface area contributed by atoms with Gasteiger partial charge in [0, 0.05) is 19.0 Å². The lowest BCUT2D eigenvalue weighted by molar-refractivity contribution is 0.0278. The van der Waals surface area contributed by atoms with Crippen LogP contribution in [0.1, 0.15) is 49.7 Å². The van der Waals surface area contributed by atoms with E-state index in [0.29, 0.717) is 18.5 Å². The van der Waals surface area contributed by atoms with Crippen LogP contribution in [0.5, 0.6) is 0 Å². The molecule has 4 heteroatoms. The van der Waals surface area contributed by atoms with Crippen molar-refractivity contribution >= 4 is 5.91 Å². The standard InChI is InChI=1S/C14H21NO3/c1-4-12-11(7-8-18-12)13(16)15(10-5-6-10)9-14(2,3)17/h7-8,10,17H,4-6,9H2,1-3H3. The topological polar surface area (TPSA) is 53.7 Å². The van der Waals surface area contributed by atoms with Crippen molar-refractivity contribution in [2.75, 3.05) is 6.54 Å². The fraction of sp³-hybridized carbons (Fsp3) is 0.643. The Morgan fingerprint density at radius 1 is 1.56 bits per heavy atom. The van der Waals surface area contributed by atoms with Crippen LogP contribution in [0, 0.1) is 0 Å². The van der Waals surface area contributed by atoms with Crippen LogP contribution in [-0.2, 0) is 6.42 Å². The highest BCUT2D eigenvalue weighted by Crippen LogP contribution is 2.30. The third kappa shape index (κ3) is 2.93. The summed E-state index contributed by atoms with van der Waals surface area (Å²) in [4.78, 5) is 14.3. The first-order chi connectivity index (χ1) is 8.42. The van der Waals surface area contributed by atoms with E-state index in [0.717, 1.165) is 18.6 Å². The number of rotatable bonds is 5. The molecule has 2 rings (SSSR count). The molecular weight excluding hydrogens is 230 g/mol. The van der Waals surface area contributed by atoms with Crippen LogP contribution in [0.25, 0.3) is 0 Å². The highest BCUT2D eigenvalue weighted by atomic mass is 16.3. The quantitative estimate of drug-likeness (QED) is 0.873. The number of furan rings is 1. The Hall–Kier alpha value is -1.29. The predicted molar refractivity (Wildman–Crippen MR) is 68.4 cm³/mol. The number of carbonyl (C=O) groups excluding carboxylic acids is 1. The Balaban J connectivity index is 2.18. The first-order valence-electron chi connectivity index (χ1n) is 6.52. The van der Waals surface area contributed by atoms with Crippen molar-refractivity contribution in [3.05, 3.63) is 23.7 Å². The van der Waals surface area contributed by atoms with E-state index in [1.807, 2.05) is 6.92 Å². The SMILES string of the molecule is CCc1occc1C(=O)N(CC(C)(C)O)C1CC1. The van der Waals surface area contributed by atoms with Gasteiger partial charge in [0.05, 0.1) is 17.4 Å². The van der Waals surface area contributed by atoms with Gasteiger partial charge in [0.25, 0.3) is 5.91 Å². The van der Waals surface area contributed by atoms with Crippen molar-refractivity contribution in [1.29, 1.82) is 0 Å². The predicted octanol–water partition coefficient (Wildman–Crippen LogP) is 2.22. The van der Waals surface area contributed by atoms with Gasteiger partial charge < -0.3 is 14.4 Å². The molecule has 1 heterocycles. The lowest BCUT2D eigenvalue weighted by Crippen LogP contribution is -2.43. The zero-order chi connectivity index (χ0) is 13.3. The van der Waals surface area contributed by atoms with Gasteiger partial charge in [-0.1, -0.05) is 6.92 Å². The Morgan fingerprint density at radius 2 is 2.22 bits per heavy atom. The van der Waals surface area contributed by atoms with Gasteiger partial charge in [0.15, 0.2) is 0 Å². The molecule has 0 bridgehead atoms. The van der Waals surface area contributed by atoms with Crippen molar-refractivity contribution in [2.45, 2.75) is 51.7 Å². The number of aliphatic hydroxyl groups is 1. The summed E-state index contributed by atoms with van der Waals surface area (Å²) in [6.45, 7) is 5.79. The fourth-order valence-electron chi connectivity index (χ4n) is 2.13. The normalized spacial score (nSPS) is 15.8. The minimum absolute atomic E-state index is 0.0229. The third-order valence-electron chi connectivity index (χ3n) is 3.10. The number of hydrogen-bond acceptors (Lipinski definition) is 3. The van der Waals surface area contributed by atoms with E-state index in [1.54, 1.807) is 31.1 Å². The van der Waals surface area contributed by atoms with Gasteiger partial charge in [-0.3, -0.25) is 4.79 Å². The van der Waals surface area contributed by atoms with E-state index in [9.17, 15) is 9.90 Å². The monoisotopic (exact) mass is 251 g/mol. The molecule has 0 radical (unpaired) electrons. The van der Waals surface area contributed by atoms with Crippen LogP contribution in [0.3, 0.4) is 0 Å².